The maximum absolute atomic E-state index is 12.7. The van der Waals surface area contributed by atoms with Crippen molar-refractivity contribution < 1.29 is 9.53 Å². The smallest absolute Gasteiger partial charge is 0.234 e. The van der Waals surface area contributed by atoms with Crippen LogP contribution in [0, 0.1) is 0 Å². The van der Waals surface area contributed by atoms with Gasteiger partial charge in [0.25, 0.3) is 0 Å². The highest BCUT2D eigenvalue weighted by molar-refractivity contribution is 5.78. The second-order valence-electron chi connectivity index (χ2n) is 7.25. The van der Waals surface area contributed by atoms with Gasteiger partial charge >= 0.3 is 0 Å². The van der Waals surface area contributed by atoms with Crippen molar-refractivity contribution in [3.05, 3.63) is 65.7 Å². The quantitative estimate of drug-likeness (QED) is 0.899. The van der Waals surface area contributed by atoms with Gasteiger partial charge in [0.2, 0.25) is 5.91 Å². The molecular formula is C22H26N2O2. The second-order valence-corrected chi connectivity index (χ2v) is 7.25. The van der Waals surface area contributed by atoms with Gasteiger partial charge in [-0.1, -0.05) is 48.5 Å². The molecule has 2 aromatic rings. The fourth-order valence-electron chi connectivity index (χ4n) is 4.14. The summed E-state index contributed by atoms with van der Waals surface area (Å²) >= 11 is 0. The Bertz CT molecular complexity index is 747. The first-order chi connectivity index (χ1) is 12.8. The van der Waals surface area contributed by atoms with E-state index in [1.807, 2.05) is 24.3 Å². The topological polar surface area (TPSA) is 41.6 Å². The summed E-state index contributed by atoms with van der Waals surface area (Å²) in [6.45, 7) is 2.15. The molecule has 1 fully saturated rings. The lowest BCUT2D eigenvalue weighted by atomic mass is 10.0. The Morgan fingerprint density at radius 2 is 1.88 bits per heavy atom. The van der Waals surface area contributed by atoms with Crippen molar-refractivity contribution in [3.63, 3.8) is 0 Å². The van der Waals surface area contributed by atoms with E-state index < -0.39 is 0 Å². The van der Waals surface area contributed by atoms with Crippen LogP contribution in [0.15, 0.2) is 54.6 Å². The molecule has 1 saturated heterocycles. The van der Waals surface area contributed by atoms with Crippen molar-refractivity contribution in [2.24, 2.45) is 0 Å². The molecule has 0 saturated carbocycles. The minimum absolute atomic E-state index is 0.0580. The fraction of sp³-hybridized carbons (Fsp3) is 0.409. The molecule has 4 heteroatoms. The molecule has 26 heavy (non-hydrogen) atoms. The van der Waals surface area contributed by atoms with Gasteiger partial charge in [-0.3, -0.25) is 9.69 Å². The van der Waals surface area contributed by atoms with Crippen LogP contribution in [0.3, 0.4) is 0 Å². The summed E-state index contributed by atoms with van der Waals surface area (Å²) in [4.78, 5) is 15.0. The van der Waals surface area contributed by atoms with Crippen molar-refractivity contribution in [1.82, 2.24) is 10.2 Å². The standard InChI is InChI=1S/C22H26N2O2/c25-22(23-20-12-14-26-21-11-5-4-10-19(20)21)16-24-13-6-9-18(24)15-17-7-2-1-3-8-17/h1-5,7-8,10-11,18,20H,6,9,12-16H2,(H,23,25). The summed E-state index contributed by atoms with van der Waals surface area (Å²) < 4.78 is 5.69. The molecular weight excluding hydrogens is 324 g/mol. The molecule has 2 aliphatic heterocycles. The minimum atomic E-state index is 0.0580. The molecule has 2 aromatic carbocycles. The number of hydrogen-bond donors (Lipinski definition) is 1. The summed E-state index contributed by atoms with van der Waals surface area (Å²) in [6, 6.07) is 19.1. The van der Waals surface area contributed by atoms with E-state index >= 15 is 0 Å². The molecule has 136 valence electrons. The van der Waals surface area contributed by atoms with Crippen LogP contribution in [0.5, 0.6) is 5.75 Å². The number of nitrogens with one attached hydrogen (secondary N) is 1. The number of nitrogens with zero attached hydrogens (tertiary/aromatic N) is 1. The predicted octanol–water partition coefficient (Wildman–Crippen LogP) is 3.33. The number of ether oxygens (including phenoxy) is 1. The summed E-state index contributed by atoms with van der Waals surface area (Å²) in [5, 5.41) is 3.23. The van der Waals surface area contributed by atoms with Gasteiger partial charge in [-0.15, -0.1) is 0 Å². The zero-order chi connectivity index (χ0) is 17.8. The zero-order valence-electron chi connectivity index (χ0n) is 15.1. The number of hydrogen-bond acceptors (Lipinski definition) is 3. The maximum Gasteiger partial charge on any atom is 0.234 e. The molecule has 0 radical (unpaired) electrons. The van der Waals surface area contributed by atoms with E-state index in [-0.39, 0.29) is 11.9 Å². The van der Waals surface area contributed by atoms with Crippen LogP contribution < -0.4 is 10.1 Å². The first kappa shape index (κ1) is 17.1. The van der Waals surface area contributed by atoms with Crippen molar-refractivity contribution >= 4 is 5.91 Å². The molecule has 2 heterocycles. The van der Waals surface area contributed by atoms with Crippen LogP contribution in [0.4, 0.5) is 0 Å². The van der Waals surface area contributed by atoms with Gasteiger partial charge in [0.15, 0.2) is 0 Å². The van der Waals surface area contributed by atoms with Gasteiger partial charge in [-0.2, -0.15) is 0 Å². The van der Waals surface area contributed by atoms with Gasteiger partial charge < -0.3 is 10.1 Å². The van der Waals surface area contributed by atoms with Crippen LogP contribution in [-0.2, 0) is 11.2 Å². The number of carbonyl (C=O) groups is 1. The molecule has 0 aliphatic carbocycles. The largest absolute Gasteiger partial charge is 0.493 e. The monoisotopic (exact) mass is 350 g/mol. The number of amides is 1. The Labute approximate surface area is 155 Å². The minimum Gasteiger partial charge on any atom is -0.493 e. The van der Waals surface area contributed by atoms with Crippen molar-refractivity contribution in [2.45, 2.75) is 37.8 Å². The van der Waals surface area contributed by atoms with E-state index in [1.165, 1.54) is 18.4 Å². The summed E-state index contributed by atoms with van der Waals surface area (Å²) in [5.74, 6) is 1.01. The number of rotatable bonds is 5. The van der Waals surface area contributed by atoms with Crippen molar-refractivity contribution in [1.29, 1.82) is 0 Å². The zero-order valence-corrected chi connectivity index (χ0v) is 15.1. The van der Waals surface area contributed by atoms with Gasteiger partial charge in [0.1, 0.15) is 5.75 Å². The third-order valence-electron chi connectivity index (χ3n) is 5.45. The normalized spacial score (nSPS) is 22.5. The summed E-state index contributed by atoms with van der Waals surface area (Å²) in [7, 11) is 0. The van der Waals surface area contributed by atoms with E-state index in [4.69, 9.17) is 4.74 Å². The van der Waals surface area contributed by atoms with E-state index in [1.54, 1.807) is 0 Å². The molecule has 0 bridgehead atoms. The van der Waals surface area contributed by atoms with Crippen molar-refractivity contribution in [2.75, 3.05) is 19.7 Å². The second kappa shape index (κ2) is 7.92. The third-order valence-corrected chi connectivity index (χ3v) is 5.45. The van der Waals surface area contributed by atoms with Crippen molar-refractivity contribution in [3.8, 4) is 5.75 Å². The first-order valence-corrected chi connectivity index (χ1v) is 9.58. The number of likely N-dealkylation sites (tertiary alicyclic amines) is 1. The van der Waals surface area contributed by atoms with E-state index in [0.29, 0.717) is 19.2 Å². The molecule has 2 aliphatic rings. The van der Waals surface area contributed by atoms with E-state index in [0.717, 1.165) is 30.7 Å². The number of carbonyl (C=O) groups excluding carboxylic acids is 1. The van der Waals surface area contributed by atoms with Gasteiger partial charge in [0.05, 0.1) is 19.2 Å². The Kier molecular flexibility index (Phi) is 5.21. The molecule has 4 rings (SSSR count). The predicted molar refractivity (Wildman–Crippen MR) is 102 cm³/mol. The Hall–Kier alpha value is -2.33. The summed E-state index contributed by atoms with van der Waals surface area (Å²) in [5.41, 5.74) is 2.44. The highest BCUT2D eigenvalue weighted by atomic mass is 16.5. The van der Waals surface area contributed by atoms with E-state index in [2.05, 4.69) is 40.5 Å². The molecule has 0 aromatic heterocycles. The van der Waals surface area contributed by atoms with Crippen LogP contribution in [-0.4, -0.2) is 36.5 Å². The Balaban J connectivity index is 1.36. The van der Waals surface area contributed by atoms with Crippen LogP contribution >= 0.6 is 0 Å². The third kappa shape index (κ3) is 3.91. The molecule has 0 spiro atoms. The molecule has 1 amide bonds. The maximum atomic E-state index is 12.7. The fourth-order valence-corrected chi connectivity index (χ4v) is 4.14. The molecule has 2 unspecified atom stereocenters. The molecule has 4 nitrogen and oxygen atoms in total. The van der Waals surface area contributed by atoms with E-state index in [9.17, 15) is 4.79 Å². The van der Waals surface area contributed by atoms with Gasteiger partial charge in [0, 0.05) is 18.0 Å². The number of fused-ring (bicyclic) bond motifs is 1. The number of benzene rings is 2. The summed E-state index contributed by atoms with van der Waals surface area (Å²) in [6.07, 6.45) is 4.19. The SMILES string of the molecule is O=C(CN1CCCC1Cc1ccccc1)NC1CCOc2ccccc21. The highest BCUT2D eigenvalue weighted by Gasteiger charge is 2.28. The van der Waals surface area contributed by atoms with Gasteiger partial charge in [-0.05, 0) is 37.4 Å². The number of para-hydroxylation sites is 1. The molecule has 2 atom stereocenters. The Morgan fingerprint density at radius 3 is 2.77 bits per heavy atom. The van der Waals surface area contributed by atoms with Gasteiger partial charge in [-0.25, -0.2) is 0 Å². The van der Waals surface area contributed by atoms with Crippen LogP contribution in [0.1, 0.15) is 36.4 Å². The average molecular weight is 350 g/mol. The lowest BCUT2D eigenvalue weighted by Gasteiger charge is -2.29. The highest BCUT2D eigenvalue weighted by Crippen LogP contribution is 2.31. The lowest BCUT2D eigenvalue weighted by molar-refractivity contribution is -0.123. The average Bonchev–Trinajstić information content (AvgIpc) is 3.09. The van der Waals surface area contributed by atoms with Crippen LogP contribution in [0.2, 0.25) is 0 Å². The Morgan fingerprint density at radius 1 is 1.08 bits per heavy atom. The first-order valence-electron chi connectivity index (χ1n) is 9.58. The molecule has 1 N–H and O–H groups in total. The lowest BCUT2D eigenvalue weighted by Crippen LogP contribution is -2.42. The van der Waals surface area contributed by atoms with Crippen LogP contribution in [0.25, 0.3) is 0 Å².